The van der Waals surface area contributed by atoms with Gasteiger partial charge >= 0.3 is 24.1 Å². The van der Waals surface area contributed by atoms with E-state index in [0.29, 0.717) is 25.7 Å². The zero-order valence-corrected chi connectivity index (χ0v) is 20.4. The molecule has 0 radical (unpaired) electrons. The third-order valence-electron chi connectivity index (χ3n) is 8.83. The van der Waals surface area contributed by atoms with E-state index in [1.807, 2.05) is 6.92 Å². The van der Waals surface area contributed by atoms with E-state index in [1.54, 1.807) is 0 Å². The third kappa shape index (κ3) is 4.65. The van der Waals surface area contributed by atoms with E-state index in [0.717, 1.165) is 24.0 Å². The van der Waals surface area contributed by atoms with Crippen molar-refractivity contribution in [2.24, 2.45) is 17.3 Å². The molecule has 0 unspecified atom stereocenters. The molecule has 0 spiro atoms. The van der Waals surface area contributed by atoms with E-state index >= 15 is 0 Å². The van der Waals surface area contributed by atoms with Gasteiger partial charge in [0.25, 0.3) is 0 Å². The lowest BCUT2D eigenvalue weighted by Crippen LogP contribution is -2.67. The molecule has 38 heavy (non-hydrogen) atoms. The minimum absolute atomic E-state index is 0.0966. The van der Waals surface area contributed by atoms with Crippen molar-refractivity contribution in [1.29, 1.82) is 0 Å². The minimum Gasteiger partial charge on any atom is -0.505 e. The highest BCUT2D eigenvalue weighted by Crippen LogP contribution is 2.62. The predicted octanol–water partition coefficient (Wildman–Crippen LogP) is 7.61. The zero-order chi connectivity index (χ0) is 28.3. The fourth-order valence-corrected chi connectivity index (χ4v) is 7.04. The van der Waals surface area contributed by atoms with Crippen LogP contribution in [-0.2, 0) is 15.9 Å². The number of phenolic OH excluding ortho intramolecular Hbond substituents is 1. The van der Waals surface area contributed by atoms with Crippen LogP contribution in [0.15, 0.2) is 12.1 Å². The van der Waals surface area contributed by atoms with E-state index < -0.39 is 43.0 Å². The van der Waals surface area contributed by atoms with Crippen LogP contribution in [0.25, 0.3) is 0 Å². The van der Waals surface area contributed by atoms with Crippen molar-refractivity contribution >= 4 is 0 Å². The smallest absolute Gasteiger partial charge is 0.435 e. The summed E-state index contributed by atoms with van der Waals surface area (Å²) in [6.45, 7) is 0.195. The lowest BCUT2D eigenvalue weighted by molar-refractivity contribution is -0.457. The van der Waals surface area contributed by atoms with Crippen molar-refractivity contribution in [2.75, 3.05) is 13.2 Å². The third-order valence-corrected chi connectivity index (χ3v) is 8.83. The molecule has 3 nitrogen and oxygen atoms in total. The quantitative estimate of drug-likeness (QED) is 0.285. The lowest BCUT2D eigenvalue weighted by atomic mass is 9.55. The average Bonchev–Trinajstić information content (AvgIpc) is 3.10. The van der Waals surface area contributed by atoms with E-state index in [4.69, 9.17) is 4.74 Å². The summed E-state index contributed by atoms with van der Waals surface area (Å²) in [5, 5.41) is 9.71. The topological polar surface area (TPSA) is 38.7 Å². The van der Waals surface area contributed by atoms with Crippen LogP contribution in [0.2, 0.25) is 0 Å². The van der Waals surface area contributed by atoms with Crippen LogP contribution in [0.1, 0.15) is 62.5 Å². The van der Waals surface area contributed by atoms with Crippen LogP contribution < -0.4 is 0 Å². The van der Waals surface area contributed by atoms with Gasteiger partial charge in [-0.25, -0.2) is 4.39 Å². The molecular weight excluding hydrogens is 538 g/mol. The minimum atomic E-state index is -6.75. The van der Waals surface area contributed by atoms with Gasteiger partial charge in [-0.3, -0.25) is 0 Å². The van der Waals surface area contributed by atoms with Gasteiger partial charge in [0.2, 0.25) is 0 Å². The summed E-state index contributed by atoms with van der Waals surface area (Å²) in [5.41, 5.74) is -4.83. The van der Waals surface area contributed by atoms with Gasteiger partial charge in [0.15, 0.2) is 11.6 Å². The van der Waals surface area contributed by atoms with Crippen LogP contribution in [0, 0.1) is 23.1 Å². The second kappa shape index (κ2) is 9.71. The fourth-order valence-electron chi connectivity index (χ4n) is 7.04. The first kappa shape index (κ1) is 29.2. The first-order chi connectivity index (χ1) is 17.4. The highest BCUT2D eigenvalue weighted by molar-refractivity contribution is 5.41. The largest absolute Gasteiger partial charge is 0.505 e. The Bertz CT molecular complexity index is 982. The molecule has 0 heterocycles. The van der Waals surface area contributed by atoms with E-state index in [1.165, 1.54) is 12.1 Å². The van der Waals surface area contributed by atoms with Gasteiger partial charge in [0, 0.05) is 6.61 Å². The van der Waals surface area contributed by atoms with Gasteiger partial charge < -0.3 is 14.6 Å². The average molecular weight is 566 g/mol. The molecule has 0 aliphatic heterocycles. The van der Waals surface area contributed by atoms with Gasteiger partial charge in [0.05, 0.1) is 12.7 Å². The monoisotopic (exact) mass is 566 g/mol. The van der Waals surface area contributed by atoms with Gasteiger partial charge in [-0.1, -0.05) is 6.92 Å². The number of aromatic hydroxyl groups is 1. The molecule has 2 fully saturated rings. The van der Waals surface area contributed by atoms with Crippen molar-refractivity contribution in [3.05, 3.63) is 29.1 Å². The zero-order valence-electron chi connectivity index (χ0n) is 20.4. The second-order valence-electron chi connectivity index (χ2n) is 10.8. The van der Waals surface area contributed by atoms with Crippen molar-refractivity contribution in [2.45, 2.75) is 88.0 Å². The summed E-state index contributed by atoms with van der Waals surface area (Å²) >= 11 is 0. The lowest BCUT2D eigenvalue weighted by Gasteiger charge is -2.50. The molecule has 13 heteroatoms. The molecule has 5 atom stereocenters. The molecule has 2 saturated carbocycles. The highest BCUT2D eigenvalue weighted by atomic mass is 19.4. The molecular formula is C25H28F10O3. The number of aryl methyl sites for hydroxylation is 1. The van der Waals surface area contributed by atoms with E-state index in [-0.39, 0.29) is 41.6 Å². The van der Waals surface area contributed by atoms with Crippen molar-refractivity contribution in [1.82, 2.24) is 0 Å². The molecule has 0 saturated heterocycles. The van der Waals surface area contributed by atoms with Crippen LogP contribution >= 0.6 is 0 Å². The molecule has 3 aliphatic rings. The Kier molecular flexibility index (Phi) is 7.47. The maximum absolute atomic E-state index is 14.1. The number of hydrogen-bond donors (Lipinski definition) is 1. The number of benzene rings is 1. The number of rotatable bonds is 6. The van der Waals surface area contributed by atoms with Gasteiger partial charge in [-0.2, -0.15) is 39.5 Å². The molecule has 216 valence electrons. The molecule has 4 rings (SSSR count). The maximum atomic E-state index is 14.1. The summed E-state index contributed by atoms with van der Waals surface area (Å²) in [5.74, 6) is -0.578. The Hall–Kier alpha value is -1.76. The van der Waals surface area contributed by atoms with Crippen LogP contribution in [0.5, 0.6) is 5.75 Å². The van der Waals surface area contributed by atoms with Crippen LogP contribution in [-0.4, -0.2) is 48.6 Å². The summed E-state index contributed by atoms with van der Waals surface area (Å²) in [6, 6.07) is 2.85. The molecule has 0 aromatic heterocycles. The Morgan fingerprint density at radius 2 is 1.53 bits per heavy atom. The predicted molar refractivity (Wildman–Crippen MR) is 114 cm³/mol. The number of halogens is 10. The molecule has 1 aromatic rings. The Morgan fingerprint density at radius 3 is 2.13 bits per heavy atom. The first-order valence-corrected chi connectivity index (χ1v) is 12.4. The molecule has 0 amide bonds. The Labute approximate surface area is 212 Å². The number of hydrogen-bond acceptors (Lipinski definition) is 3. The summed E-state index contributed by atoms with van der Waals surface area (Å²) < 4.78 is 140. The molecule has 1 aromatic carbocycles. The van der Waals surface area contributed by atoms with Crippen molar-refractivity contribution in [3.63, 3.8) is 0 Å². The maximum Gasteiger partial charge on any atom is 0.435 e. The van der Waals surface area contributed by atoms with Crippen molar-refractivity contribution in [3.8, 4) is 5.75 Å². The van der Waals surface area contributed by atoms with Gasteiger partial charge in [-0.15, -0.1) is 0 Å². The first-order valence-electron chi connectivity index (χ1n) is 12.4. The fraction of sp³-hybridized carbons (Fsp3) is 0.760. The van der Waals surface area contributed by atoms with Crippen LogP contribution in [0.4, 0.5) is 43.9 Å². The molecule has 0 bridgehead atoms. The number of phenols is 1. The van der Waals surface area contributed by atoms with Gasteiger partial charge in [-0.05, 0) is 91.4 Å². The number of alkyl halides is 9. The SMILES string of the molecule is C[C@]12CC[C@@H]3c4cc(F)c(O)cc4CC[C@H]3[C@@H]1CC[C@@H]2OCCCOC(C(F)(F)F)(C(F)(F)F)C(F)(F)F. The van der Waals surface area contributed by atoms with Crippen LogP contribution in [0.3, 0.4) is 0 Å². The second-order valence-corrected chi connectivity index (χ2v) is 10.8. The summed E-state index contributed by atoms with van der Waals surface area (Å²) in [4.78, 5) is 0. The van der Waals surface area contributed by atoms with Crippen molar-refractivity contribution < 1.29 is 58.5 Å². The van der Waals surface area contributed by atoms with Gasteiger partial charge in [0.1, 0.15) is 0 Å². The summed E-state index contributed by atoms with van der Waals surface area (Å²) in [7, 11) is 0. The Balaban J connectivity index is 1.38. The standard InChI is InChI=1S/C25H28F10O3/c1-21-8-7-14-15(4-3-13-11-19(36)18(26)12-16(13)14)17(21)5-6-20(21)37-9-2-10-38-22(23(27,28)29,24(30,31)32)25(33,34)35/h11-12,14-15,17,20,36H,2-10H2,1H3/t14-,15+,17-,20-,21-/m0/s1. The number of ether oxygens (including phenoxy) is 2. The molecule has 3 aliphatic carbocycles. The highest BCUT2D eigenvalue weighted by Gasteiger charge is 2.85. The Morgan fingerprint density at radius 1 is 0.895 bits per heavy atom. The molecule has 1 N–H and O–H groups in total. The number of fused-ring (bicyclic) bond motifs is 5. The normalized spacial score (nSPS) is 30.1. The van der Waals surface area contributed by atoms with E-state index in [9.17, 15) is 49.0 Å². The van der Waals surface area contributed by atoms with E-state index in [2.05, 4.69) is 4.74 Å². The summed E-state index contributed by atoms with van der Waals surface area (Å²) in [6.07, 6.45) is -17.0.